The number of likely N-dealkylation sites (N-methyl/N-ethyl adjacent to an activating group) is 1. The maximum atomic E-state index is 12.7. The number of carbonyl (C=O) groups is 3. The molecule has 0 radical (unpaired) electrons. The number of benzene rings is 2. The number of carbonyl (C=O) groups excluding carboxylic acids is 3. The zero-order chi connectivity index (χ0) is 19.0. The second-order valence-corrected chi connectivity index (χ2v) is 7.03. The molecule has 0 saturated carbocycles. The highest BCUT2D eigenvalue weighted by Crippen LogP contribution is 2.35. The minimum Gasteiger partial charge on any atom is -0.312 e. The van der Waals surface area contributed by atoms with Gasteiger partial charge in [0.05, 0.1) is 21.8 Å². The summed E-state index contributed by atoms with van der Waals surface area (Å²) >= 11 is 15.8. The van der Waals surface area contributed by atoms with Crippen molar-refractivity contribution >= 4 is 62.5 Å². The SMILES string of the molecule is CN(C(=O)CN1C(=O)c2ccccc2C1=O)c1ccc(Cl)c(CBr)c1Cl. The lowest BCUT2D eigenvalue weighted by Crippen LogP contribution is -2.41. The standard InChI is InChI=1S/C18H13BrCl2N2O3/c1-22(14-7-6-13(20)12(8-19)16(14)21)15(24)9-23-17(25)10-4-2-3-5-11(10)18(23)26/h2-7H,8-9H2,1H3. The van der Waals surface area contributed by atoms with Crippen LogP contribution in [-0.4, -0.2) is 36.2 Å². The molecule has 0 atom stereocenters. The Kier molecular flexibility index (Phi) is 5.37. The predicted octanol–water partition coefficient (Wildman–Crippen LogP) is 4.15. The Morgan fingerprint density at radius 2 is 1.65 bits per heavy atom. The van der Waals surface area contributed by atoms with Crippen molar-refractivity contribution in [2.75, 3.05) is 18.5 Å². The van der Waals surface area contributed by atoms with Gasteiger partial charge in [0.15, 0.2) is 0 Å². The molecule has 0 aliphatic carbocycles. The van der Waals surface area contributed by atoms with Gasteiger partial charge in [-0.2, -0.15) is 0 Å². The highest BCUT2D eigenvalue weighted by atomic mass is 79.9. The Bertz CT molecular complexity index is 898. The van der Waals surface area contributed by atoms with Gasteiger partial charge in [-0.25, -0.2) is 0 Å². The molecule has 3 amide bonds. The Hall–Kier alpha value is -1.89. The van der Waals surface area contributed by atoms with Crippen molar-refractivity contribution in [2.45, 2.75) is 5.33 Å². The Balaban J connectivity index is 1.84. The van der Waals surface area contributed by atoms with E-state index in [1.54, 1.807) is 36.4 Å². The molecular weight excluding hydrogens is 443 g/mol. The molecule has 0 fully saturated rings. The molecule has 5 nitrogen and oxygen atoms in total. The van der Waals surface area contributed by atoms with Crippen molar-refractivity contribution in [1.82, 2.24) is 4.90 Å². The molecule has 1 aliphatic heterocycles. The molecule has 0 saturated heterocycles. The first-order chi connectivity index (χ1) is 12.4. The first-order valence-corrected chi connectivity index (χ1v) is 9.49. The summed E-state index contributed by atoms with van der Waals surface area (Å²) in [6.07, 6.45) is 0. The van der Waals surface area contributed by atoms with Crippen molar-refractivity contribution in [2.24, 2.45) is 0 Å². The summed E-state index contributed by atoms with van der Waals surface area (Å²) in [6, 6.07) is 9.76. The van der Waals surface area contributed by atoms with E-state index in [-0.39, 0.29) is 6.54 Å². The summed E-state index contributed by atoms with van der Waals surface area (Å²) in [5.41, 5.74) is 1.72. The largest absolute Gasteiger partial charge is 0.312 e. The average molecular weight is 456 g/mol. The third-order valence-corrected chi connectivity index (χ3v) is 5.54. The summed E-state index contributed by atoms with van der Waals surface area (Å²) < 4.78 is 0. The average Bonchev–Trinajstić information content (AvgIpc) is 2.87. The van der Waals surface area contributed by atoms with Gasteiger partial charge in [-0.15, -0.1) is 0 Å². The molecule has 26 heavy (non-hydrogen) atoms. The van der Waals surface area contributed by atoms with E-state index < -0.39 is 17.7 Å². The molecule has 8 heteroatoms. The van der Waals surface area contributed by atoms with E-state index in [1.807, 2.05) is 0 Å². The van der Waals surface area contributed by atoms with E-state index in [4.69, 9.17) is 23.2 Å². The predicted molar refractivity (Wildman–Crippen MR) is 104 cm³/mol. The van der Waals surface area contributed by atoms with Crippen LogP contribution in [0.5, 0.6) is 0 Å². The summed E-state index contributed by atoms with van der Waals surface area (Å²) in [5, 5.41) is 1.25. The van der Waals surface area contributed by atoms with E-state index >= 15 is 0 Å². The number of halogens is 3. The van der Waals surface area contributed by atoms with Gasteiger partial charge in [-0.05, 0) is 24.3 Å². The fraction of sp³-hybridized carbons (Fsp3) is 0.167. The molecule has 2 aromatic rings. The molecular formula is C18H13BrCl2N2O3. The number of alkyl halides is 1. The van der Waals surface area contributed by atoms with Crippen molar-refractivity contribution in [1.29, 1.82) is 0 Å². The van der Waals surface area contributed by atoms with Crippen molar-refractivity contribution in [3.8, 4) is 0 Å². The highest BCUT2D eigenvalue weighted by Gasteiger charge is 2.37. The van der Waals surface area contributed by atoms with E-state index in [9.17, 15) is 14.4 Å². The molecule has 1 aliphatic rings. The number of rotatable bonds is 4. The third kappa shape index (κ3) is 3.13. The Morgan fingerprint density at radius 3 is 2.19 bits per heavy atom. The van der Waals surface area contributed by atoms with E-state index in [0.717, 1.165) is 4.90 Å². The molecule has 0 unspecified atom stereocenters. The molecule has 2 aromatic carbocycles. The van der Waals surface area contributed by atoms with Crippen LogP contribution in [0.4, 0.5) is 5.69 Å². The molecule has 0 bridgehead atoms. The second-order valence-electron chi connectivity index (χ2n) is 5.69. The van der Waals surface area contributed by atoms with Gasteiger partial charge in [-0.3, -0.25) is 19.3 Å². The van der Waals surface area contributed by atoms with Crippen LogP contribution in [0.25, 0.3) is 0 Å². The molecule has 1 heterocycles. The Morgan fingerprint density at radius 1 is 1.08 bits per heavy atom. The number of hydrogen-bond donors (Lipinski definition) is 0. The first kappa shape index (κ1) is 18.9. The van der Waals surface area contributed by atoms with E-state index in [0.29, 0.717) is 37.8 Å². The van der Waals surface area contributed by atoms with E-state index in [1.165, 1.54) is 11.9 Å². The molecule has 134 valence electrons. The van der Waals surface area contributed by atoms with Gasteiger partial charge in [-0.1, -0.05) is 51.3 Å². The quantitative estimate of drug-likeness (QED) is 0.514. The summed E-state index contributed by atoms with van der Waals surface area (Å²) in [7, 11) is 1.54. The monoisotopic (exact) mass is 454 g/mol. The third-order valence-electron chi connectivity index (χ3n) is 4.21. The number of hydrogen-bond acceptors (Lipinski definition) is 3. The van der Waals surface area contributed by atoms with Crippen LogP contribution in [0.1, 0.15) is 26.3 Å². The molecule has 0 aromatic heterocycles. The maximum Gasteiger partial charge on any atom is 0.262 e. The minimum absolute atomic E-state index is 0.305. The van der Waals surface area contributed by atoms with Crippen LogP contribution in [0, 0.1) is 0 Å². The van der Waals surface area contributed by atoms with Crippen LogP contribution in [0.2, 0.25) is 10.0 Å². The fourth-order valence-electron chi connectivity index (χ4n) is 2.73. The normalized spacial score (nSPS) is 13.2. The van der Waals surface area contributed by atoms with Crippen LogP contribution in [-0.2, 0) is 10.1 Å². The second kappa shape index (κ2) is 7.39. The van der Waals surface area contributed by atoms with Gasteiger partial charge >= 0.3 is 0 Å². The van der Waals surface area contributed by atoms with Crippen LogP contribution in [0.15, 0.2) is 36.4 Å². The fourth-order valence-corrected chi connectivity index (χ4v) is 4.26. The van der Waals surface area contributed by atoms with Crippen molar-refractivity contribution < 1.29 is 14.4 Å². The van der Waals surface area contributed by atoms with Gasteiger partial charge < -0.3 is 4.90 Å². The topological polar surface area (TPSA) is 57.7 Å². The van der Waals surface area contributed by atoms with Crippen molar-refractivity contribution in [3.63, 3.8) is 0 Å². The number of anilines is 1. The number of nitrogens with zero attached hydrogens (tertiary/aromatic N) is 2. The van der Waals surface area contributed by atoms with Gasteiger partial charge in [0, 0.05) is 23.0 Å². The van der Waals surface area contributed by atoms with E-state index in [2.05, 4.69) is 15.9 Å². The minimum atomic E-state index is -0.476. The zero-order valence-corrected chi connectivity index (χ0v) is 16.7. The molecule has 0 N–H and O–H groups in total. The molecule has 0 spiro atoms. The lowest BCUT2D eigenvalue weighted by molar-refractivity contribution is -0.118. The summed E-state index contributed by atoms with van der Waals surface area (Å²) in [5.74, 6) is -1.39. The van der Waals surface area contributed by atoms with Crippen LogP contribution in [0.3, 0.4) is 0 Å². The smallest absolute Gasteiger partial charge is 0.262 e. The lowest BCUT2D eigenvalue weighted by Gasteiger charge is -2.23. The van der Waals surface area contributed by atoms with Crippen molar-refractivity contribution in [3.05, 3.63) is 63.1 Å². The first-order valence-electron chi connectivity index (χ1n) is 7.61. The van der Waals surface area contributed by atoms with Gasteiger partial charge in [0.1, 0.15) is 6.54 Å². The number of imide groups is 1. The zero-order valence-electron chi connectivity index (χ0n) is 13.6. The maximum absolute atomic E-state index is 12.7. The Labute approximate surface area is 168 Å². The lowest BCUT2D eigenvalue weighted by atomic mass is 10.1. The van der Waals surface area contributed by atoms with Gasteiger partial charge in [0.2, 0.25) is 5.91 Å². The molecule has 3 rings (SSSR count). The van der Waals surface area contributed by atoms with Crippen LogP contribution >= 0.6 is 39.1 Å². The van der Waals surface area contributed by atoms with Gasteiger partial charge in [0.25, 0.3) is 11.8 Å². The summed E-state index contributed by atoms with van der Waals surface area (Å²) in [6.45, 7) is -0.370. The summed E-state index contributed by atoms with van der Waals surface area (Å²) in [4.78, 5) is 39.7. The number of amides is 3. The highest BCUT2D eigenvalue weighted by molar-refractivity contribution is 9.08. The van der Waals surface area contributed by atoms with Crippen LogP contribution < -0.4 is 4.90 Å². The number of fused-ring (bicyclic) bond motifs is 1.